The smallest absolute Gasteiger partial charge is 0.191 e. The van der Waals surface area contributed by atoms with E-state index >= 15 is 0 Å². The monoisotopic (exact) mass is 320 g/mol. The Labute approximate surface area is 140 Å². The summed E-state index contributed by atoms with van der Waals surface area (Å²) in [6, 6.07) is 10.0. The van der Waals surface area contributed by atoms with E-state index in [1.165, 1.54) is 0 Å². The lowest BCUT2D eigenvalue weighted by Crippen LogP contribution is -2.44. The molecule has 1 rings (SSSR count). The van der Waals surface area contributed by atoms with Crippen molar-refractivity contribution in [3.05, 3.63) is 35.9 Å². The summed E-state index contributed by atoms with van der Waals surface area (Å²) < 4.78 is 0. The quantitative estimate of drug-likeness (QED) is 0.334. The molecule has 1 aromatic rings. The van der Waals surface area contributed by atoms with Crippen LogP contribution < -0.4 is 16.0 Å². The summed E-state index contributed by atoms with van der Waals surface area (Å²) in [5.74, 6) is 0.817. The van der Waals surface area contributed by atoms with Gasteiger partial charge in [0.25, 0.3) is 0 Å². The van der Waals surface area contributed by atoms with Crippen molar-refractivity contribution in [3.63, 3.8) is 0 Å². The van der Waals surface area contributed by atoms with Crippen LogP contribution >= 0.6 is 0 Å². The number of hydrogen-bond donors (Lipinski definition) is 4. The van der Waals surface area contributed by atoms with Gasteiger partial charge in [0.1, 0.15) is 0 Å². The summed E-state index contributed by atoms with van der Waals surface area (Å²) in [6.07, 6.45) is 0. The van der Waals surface area contributed by atoms with Gasteiger partial charge in [-0.1, -0.05) is 30.3 Å². The Morgan fingerprint density at radius 2 is 1.83 bits per heavy atom. The lowest BCUT2D eigenvalue weighted by molar-refractivity contribution is 0.268. The lowest BCUT2D eigenvalue weighted by Gasteiger charge is -2.21. The van der Waals surface area contributed by atoms with Gasteiger partial charge in [-0.15, -0.1) is 0 Å². The maximum Gasteiger partial charge on any atom is 0.191 e. The zero-order chi connectivity index (χ0) is 17.1. The van der Waals surface area contributed by atoms with Crippen LogP contribution in [0.25, 0.3) is 0 Å². The summed E-state index contributed by atoms with van der Waals surface area (Å²) in [7, 11) is 0. The number of guanidine groups is 1. The third-order valence-electron chi connectivity index (χ3n) is 3.38. The molecule has 1 aromatic carbocycles. The van der Waals surface area contributed by atoms with E-state index < -0.39 is 0 Å². The van der Waals surface area contributed by atoms with Crippen LogP contribution in [0.15, 0.2) is 35.3 Å². The minimum atomic E-state index is 0.0272. The predicted molar refractivity (Wildman–Crippen MR) is 98.0 cm³/mol. The highest BCUT2D eigenvalue weighted by Crippen LogP contribution is 2.14. The number of hydrogen-bond acceptors (Lipinski definition) is 3. The first-order chi connectivity index (χ1) is 11.0. The number of nitrogens with zero attached hydrogens (tertiary/aromatic N) is 1. The van der Waals surface area contributed by atoms with Crippen molar-refractivity contribution in [1.82, 2.24) is 16.0 Å². The van der Waals surface area contributed by atoms with Crippen LogP contribution in [0.2, 0.25) is 0 Å². The molecular formula is C18H32N4O. The first-order valence-electron chi connectivity index (χ1n) is 8.39. The number of aliphatic hydroxyl groups is 1. The van der Waals surface area contributed by atoms with Gasteiger partial charge in [0.05, 0.1) is 13.2 Å². The van der Waals surface area contributed by atoms with Crippen LogP contribution in [0, 0.1) is 0 Å². The highest BCUT2D eigenvalue weighted by molar-refractivity contribution is 5.79. The van der Waals surface area contributed by atoms with Crippen LogP contribution in [-0.4, -0.2) is 49.4 Å². The molecule has 0 aliphatic rings. The van der Waals surface area contributed by atoms with Gasteiger partial charge in [-0.05, 0) is 33.3 Å². The van der Waals surface area contributed by atoms with E-state index in [0.29, 0.717) is 6.54 Å². The third kappa shape index (κ3) is 8.57. The molecular weight excluding hydrogens is 288 g/mol. The fourth-order valence-corrected chi connectivity index (χ4v) is 2.16. The van der Waals surface area contributed by atoms with E-state index in [-0.39, 0.29) is 18.1 Å². The van der Waals surface area contributed by atoms with Crippen molar-refractivity contribution in [3.8, 4) is 0 Å². The van der Waals surface area contributed by atoms with Gasteiger partial charge in [-0.3, -0.25) is 4.99 Å². The van der Waals surface area contributed by atoms with Crippen molar-refractivity contribution >= 4 is 5.96 Å². The maximum absolute atomic E-state index is 9.61. The molecule has 0 aliphatic heterocycles. The molecule has 5 heteroatoms. The summed E-state index contributed by atoms with van der Waals surface area (Å²) >= 11 is 0. The zero-order valence-electron chi connectivity index (χ0n) is 14.9. The zero-order valence-corrected chi connectivity index (χ0v) is 14.9. The number of benzene rings is 1. The number of aliphatic imine (C=N–C) groups is 1. The first kappa shape index (κ1) is 19.5. The van der Waals surface area contributed by atoms with Crippen molar-refractivity contribution in [2.24, 2.45) is 4.99 Å². The SMILES string of the molecule is CCNC(=NCC(CO)c1ccccc1)NCCNC(C)(C)C. The minimum Gasteiger partial charge on any atom is -0.396 e. The average Bonchev–Trinajstić information content (AvgIpc) is 2.52. The Morgan fingerprint density at radius 3 is 2.39 bits per heavy atom. The standard InChI is InChI=1S/C18H32N4O/c1-5-19-17(20-11-12-22-18(2,3)4)21-13-16(14-23)15-9-7-6-8-10-15/h6-10,16,22-23H,5,11-14H2,1-4H3,(H2,19,20,21). The summed E-state index contributed by atoms with van der Waals surface area (Å²) in [4.78, 5) is 4.60. The van der Waals surface area contributed by atoms with E-state index in [4.69, 9.17) is 0 Å². The molecule has 0 aromatic heterocycles. The van der Waals surface area contributed by atoms with Crippen LogP contribution in [0.4, 0.5) is 0 Å². The van der Waals surface area contributed by atoms with Gasteiger partial charge >= 0.3 is 0 Å². The highest BCUT2D eigenvalue weighted by Gasteiger charge is 2.10. The fraction of sp³-hybridized carbons (Fsp3) is 0.611. The molecule has 0 saturated carbocycles. The van der Waals surface area contributed by atoms with Crippen LogP contribution in [0.5, 0.6) is 0 Å². The lowest BCUT2D eigenvalue weighted by atomic mass is 10.0. The number of aliphatic hydroxyl groups excluding tert-OH is 1. The number of nitrogens with one attached hydrogen (secondary N) is 3. The second kappa shape index (κ2) is 10.2. The normalized spacial score (nSPS) is 13.7. The predicted octanol–water partition coefficient (Wildman–Crippen LogP) is 1.71. The molecule has 0 amide bonds. The molecule has 0 heterocycles. The van der Waals surface area contributed by atoms with Crippen molar-refractivity contribution in [2.75, 3.05) is 32.8 Å². The van der Waals surface area contributed by atoms with Crippen LogP contribution in [-0.2, 0) is 0 Å². The molecule has 23 heavy (non-hydrogen) atoms. The van der Waals surface area contributed by atoms with E-state index in [0.717, 1.165) is 31.2 Å². The van der Waals surface area contributed by atoms with Gasteiger partial charge in [0.2, 0.25) is 0 Å². The van der Waals surface area contributed by atoms with Crippen molar-refractivity contribution < 1.29 is 5.11 Å². The van der Waals surface area contributed by atoms with E-state index in [9.17, 15) is 5.11 Å². The Kier molecular flexibility index (Phi) is 8.66. The van der Waals surface area contributed by atoms with Gasteiger partial charge in [0, 0.05) is 31.1 Å². The largest absolute Gasteiger partial charge is 0.396 e. The third-order valence-corrected chi connectivity index (χ3v) is 3.38. The van der Waals surface area contributed by atoms with E-state index in [2.05, 4.69) is 41.7 Å². The Bertz CT molecular complexity index is 454. The Morgan fingerprint density at radius 1 is 1.13 bits per heavy atom. The molecule has 0 saturated heterocycles. The molecule has 0 aliphatic carbocycles. The molecule has 4 N–H and O–H groups in total. The fourth-order valence-electron chi connectivity index (χ4n) is 2.16. The Balaban J connectivity index is 2.53. The summed E-state index contributed by atoms with van der Waals surface area (Å²) in [6.45, 7) is 11.6. The average molecular weight is 320 g/mol. The molecule has 1 unspecified atom stereocenters. The summed E-state index contributed by atoms with van der Waals surface area (Å²) in [5.41, 5.74) is 1.23. The van der Waals surface area contributed by atoms with Crippen LogP contribution in [0.1, 0.15) is 39.2 Å². The Hall–Kier alpha value is -1.59. The minimum absolute atomic E-state index is 0.0272. The molecule has 1 atom stereocenters. The summed E-state index contributed by atoms with van der Waals surface area (Å²) in [5, 5.41) is 19.6. The molecule has 5 nitrogen and oxygen atoms in total. The highest BCUT2D eigenvalue weighted by atomic mass is 16.3. The van der Waals surface area contributed by atoms with E-state index in [1.807, 2.05) is 37.3 Å². The van der Waals surface area contributed by atoms with Crippen molar-refractivity contribution in [1.29, 1.82) is 0 Å². The topological polar surface area (TPSA) is 68.7 Å². The molecule has 130 valence electrons. The second-order valence-electron chi connectivity index (χ2n) is 6.61. The number of rotatable bonds is 8. The molecule has 0 spiro atoms. The first-order valence-corrected chi connectivity index (χ1v) is 8.39. The van der Waals surface area contributed by atoms with E-state index in [1.54, 1.807) is 0 Å². The van der Waals surface area contributed by atoms with Crippen LogP contribution in [0.3, 0.4) is 0 Å². The van der Waals surface area contributed by atoms with Crippen molar-refractivity contribution in [2.45, 2.75) is 39.2 Å². The second-order valence-corrected chi connectivity index (χ2v) is 6.61. The van der Waals surface area contributed by atoms with Gasteiger partial charge in [0.15, 0.2) is 5.96 Å². The molecule has 0 bridgehead atoms. The maximum atomic E-state index is 9.61. The molecule has 0 fully saturated rings. The molecule has 0 radical (unpaired) electrons. The van der Waals surface area contributed by atoms with Gasteiger partial charge in [-0.2, -0.15) is 0 Å². The van der Waals surface area contributed by atoms with Gasteiger partial charge in [-0.25, -0.2) is 0 Å². The van der Waals surface area contributed by atoms with Gasteiger partial charge < -0.3 is 21.1 Å².